The summed E-state index contributed by atoms with van der Waals surface area (Å²) >= 11 is 0. The Bertz CT molecular complexity index is 714. The Hall–Kier alpha value is -2.37. The number of aromatic carboxylic acids is 1. The minimum absolute atomic E-state index is 0.0114. The molecule has 1 aliphatic rings. The van der Waals surface area contributed by atoms with E-state index in [1.807, 2.05) is 0 Å². The number of methoxy groups -OCH3 is 1. The highest BCUT2D eigenvalue weighted by Gasteiger charge is 2.26. The van der Waals surface area contributed by atoms with Crippen LogP contribution in [0.15, 0.2) is 18.3 Å². The molecule has 0 spiro atoms. The molecule has 1 N–H and O–H groups in total. The quantitative estimate of drug-likeness (QED) is 0.877. The summed E-state index contributed by atoms with van der Waals surface area (Å²) in [7, 11) is 1.30. The van der Waals surface area contributed by atoms with E-state index < -0.39 is 11.9 Å². The second-order valence-electron chi connectivity index (χ2n) is 5.27. The Balaban J connectivity index is 2.18. The Morgan fingerprint density at radius 1 is 1.38 bits per heavy atom. The molecule has 2 aromatic heterocycles. The molecule has 1 saturated carbocycles. The summed E-state index contributed by atoms with van der Waals surface area (Å²) in [6, 6.07) is 3.16. The monoisotopic (exact) mass is 288 g/mol. The molecular weight excluding hydrogens is 272 g/mol. The van der Waals surface area contributed by atoms with Crippen LogP contribution in [0.5, 0.6) is 0 Å². The van der Waals surface area contributed by atoms with Crippen LogP contribution in [-0.4, -0.2) is 33.5 Å². The molecule has 1 aliphatic carbocycles. The number of hydrogen-bond donors (Lipinski definition) is 1. The first kappa shape index (κ1) is 13.6. The second kappa shape index (κ2) is 5.20. The average Bonchev–Trinajstić information content (AvgIpc) is 3.12. The summed E-state index contributed by atoms with van der Waals surface area (Å²) in [4.78, 5) is 27.3. The maximum Gasteiger partial charge on any atom is 0.356 e. The number of carbonyl (C=O) groups excluding carboxylic acids is 1. The molecule has 0 amide bonds. The molecule has 1 fully saturated rings. The number of rotatable bonds is 3. The van der Waals surface area contributed by atoms with Gasteiger partial charge in [-0.1, -0.05) is 12.8 Å². The van der Waals surface area contributed by atoms with Gasteiger partial charge >= 0.3 is 11.9 Å². The molecule has 6 nitrogen and oxygen atoms in total. The fraction of sp³-hybridized carbons (Fsp3) is 0.400. The molecule has 3 rings (SSSR count). The fourth-order valence-corrected chi connectivity index (χ4v) is 2.98. The van der Waals surface area contributed by atoms with Crippen molar-refractivity contribution in [3.8, 4) is 0 Å². The predicted molar refractivity (Wildman–Crippen MR) is 74.7 cm³/mol. The number of pyridine rings is 1. The number of carboxylic acid groups (broad SMARTS) is 1. The molecule has 0 unspecified atom stereocenters. The van der Waals surface area contributed by atoms with Crippen LogP contribution in [-0.2, 0) is 4.74 Å². The zero-order valence-electron chi connectivity index (χ0n) is 11.7. The van der Waals surface area contributed by atoms with Crippen LogP contribution in [0.4, 0.5) is 0 Å². The summed E-state index contributed by atoms with van der Waals surface area (Å²) < 4.78 is 6.46. The van der Waals surface area contributed by atoms with Gasteiger partial charge in [0, 0.05) is 12.1 Å². The van der Waals surface area contributed by atoms with Crippen LogP contribution in [0.2, 0.25) is 0 Å². The Morgan fingerprint density at radius 2 is 2.10 bits per heavy atom. The van der Waals surface area contributed by atoms with E-state index in [2.05, 4.69) is 9.72 Å². The lowest BCUT2D eigenvalue weighted by atomic mass is 10.1. The normalized spacial score (nSPS) is 15.5. The largest absolute Gasteiger partial charge is 0.476 e. The number of hydrogen-bond acceptors (Lipinski definition) is 4. The summed E-state index contributed by atoms with van der Waals surface area (Å²) in [6.07, 6.45) is 6.03. The third-order valence-corrected chi connectivity index (χ3v) is 4.01. The molecule has 0 bridgehead atoms. The Kier molecular flexibility index (Phi) is 3.37. The second-order valence-corrected chi connectivity index (χ2v) is 5.27. The summed E-state index contributed by atoms with van der Waals surface area (Å²) in [6.45, 7) is 0. The van der Waals surface area contributed by atoms with E-state index in [0.29, 0.717) is 11.1 Å². The number of aromatic nitrogens is 2. The lowest BCUT2D eigenvalue weighted by molar-refractivity contribution is 0.0599. The third kappa shape index (κ3) is 2.26. The number of esters is 1. The maximum atomic E-state index is 11.6. The van der Waals surface area contributed by atoms with E-state index in [1.54, 1.807) is 16.7 Å². The lowest BCUT2D eigenvalue weighted by Gasteiger charge is -2.08. The van der Waals surface area contributed by atoms with Gasteiger partial charge in [0.2, 0.25) is 0 Å². The van der Waals surface area contributed by atoms with Crippen LogP contribution in [0.25, 0.3) is 5.52 Å². The van der Waals surface area contributed by atoms with Gasteiger partial charge in [-0.25, -0.2) is 14.6 Å². The highest BCUT2D eigenvalue weighted by atomic mass is 16.5. The predicted octanol–water partition coefficient (Wildman–Crippen LogP) is 2.48. The van der Waals surface area contributed by atoms with Gasteiger partial charge in [-0.3, -0.25) is 0 Å². The molecule has 0 aromatic carbocycles. The van der Waals surface area contributed by atoms with Crippen LogP contribution in [0.1, 0.15) is 58.3 Å². The van der Waals surface area contributed by atoms with Gasteiger partial charge < -0.3 is 14.2 Å². The summed E-state index contributed by atoms with van der Waals surface area (Å²) in [5, 5.41) is 9.33. The SMILES string of the molecule is COC(=O)c1ccn2c(C3CCCC3)nc(C(=O)O)c2c1. The van der Waals surface area contributed by atoms with Crippen molar-refractivity contribution in [1.82, 2.24) is 9.38 Å². The zero-order chi connectivity index (χ0) is 15.0. The van der Waals surface area contributed by atoms with Crippen LogP contribution in [0, 0.1) is 0 Å². The number of fused-ring (bicyclic) bond motifs is 1. The van der Waals surface area contributed by atoms with Crippen LogP contribution < -0.4 is 0 Å². The van der Waals surface area contributed by atoms with E-state index in [4.69, 9.17) is 0 Å². The van der Waals surface area contributed by atoms with Crippen molar-refractivity contribution in [3.63, 3.8) is 0 Å². The topological polar surface area (TPSA) is 80.9 Å². The van der Waals surface area contributed by atoms with E-state index in [9.17, 15) is 14.7 Å². The van der Waals surface area contributed by atoms with Gasteiger partial charge in [-0.2, -0.15) is 0 Å². The van der Waals surface area contributed by atoms with E-state index >= 15 is 0 Å². The van der Waals surface area contributed by atoms with Crippen molar-refractivity contribution in [2.45, 2.75) is 31.6 Å². The molecular formula is C15H16N2O4. The molecule has 110 valence electrons. The minimum Gasteiger partial charge on any atom is -0.476 e. The first-order valence-corrected chi connectivity index (χ1v) is 6.95. The fourth-order valence-electron chi connectivity index (χ4n) is 2.98. The van der Waals surface area contributed by atoms with Gasteiger partial charge in [0.1, 0.15) is 5.82 Å². The number of ether oxygens (including phenoxy) is 1. The molecule has 0 aliphatic heterocycles. The van der Waals surface area contributed by atoms with Crippen molar-refractivity contribution in [2.24, 2.45) is 0 Å². The molecule has 2 aromatic rings. The Morgan fingerprint density at radius 3 is 2.71 bits per heavy atom. The average molecular weight is 288 g/mol. The molecule has 21 heavy (non-hydrogen) atoms. The van der Waals surface area contributed by atoms with Gasteiger partial charge in [0.25, 0.3) is 0 Å². The van der Waals surface area contributed by atoms with Gasteiger partial charge in [0.15, 0.2) is 5.69 Å². The van der Waals surface area contributed by atoms with E-state index in [-0.39, 0.29) is 11.6 Å². The standard InChI is InChI=1S/C15H16N2O4/c1-21-15(20)10-6-7-17-11(8-10)12(14(18)19)16-13(17)9-4-2-3-5-9/h6-9H,2-5H2,1H3,(H,18,19). The number of nitrogens with zero attached hydrogens (tertiary/aromatic N) is 2. The molecule has 6 heteroatoms. The Labute approximate surface area is 121 Å². The first-order chi connectivity index (χ1) is 10.1. The molecule has 0 atom stereocenters. The van der Waals surface area contributed by atoms with E-state index in [1.165, 1.54) is 13.2 Å². The van der Waals surface area contributed by atoms with Crippen molar-refractivity contribution in [1.29, 1.82) is 0 Å². The maximum absolute atomic E-state index is 11.6. The first-order valence-electron chi connectivity index (χ1n) is 6.95. The minimum atomic E-state index is -1.08. The van der Waals surface area contributed by atoms with Gasteiger partial charge in [-0.05, 0) is 25.0 Å². The summed E-state index contributed by atoms with van der Waals surface area (Å²) in [5.41, 5.74) is 0.750. The number of imidazole rings is 1. The van der Waals surface area contributed by atoms with Gasteiger partial charge in [-0.15, -0.1) is 0 Å². The van der Waals surface area contributed by atoms with Crippen molar-refractivity contribution < 1.29 is 19.4 Å². The van der Waals surface area contributed by atoms with E-state index in [0.717, 1.165) is 31.5 Å². The lowest BCUT2D eigenvalue weighted by Crippen LogP contribution is -2.04. The molecule has 0 saturated heterocycles. The third-order valence-electron chi connectivity index (χ3n) is 4.01. The summed E-state index contributed by atoms with van der Waals surface area (Å²) in [5.74, 6) is -0.512. The zero-order valence-corrected chi connectivity index (χ0v) is 11.7. The molecule has 2 heterocycles. The van der Waals surface area contributed by atoms with Crippen LogP contribution in [0.3, 0.4) is 0 Å². The number of carbonyl (C=O) groups is 2. The van der Waals surface area contributed by atoms with Crippen molar-refractivity contribution >= 4 is 17.5 Å². The smallest absolute Gasteiger partial charge is 0.356 e. The van der Waals surface area contributed by atoms with Crippen molar-refractivity contribution in [2.75, 3.05) is 7.11 Å². The highest BCUT2D eigenvalue weighted by molar-refractivity contribution is 5.97. The van der Waals surface area contributed by atoms with Crippen LogP contribution >= 0.6 is 0 Å². The van der Waals surface area contributed by atoms with Crippen molar-refractivity contribution in [3.05, 3.63) is 35.4 Å². The highest BCUT2D eigenvalue weighted by Crippen LogP contribution is 2.34. The number of carboxylic acids is 1. The van der Waals surface area contributed by atoms with Gasteiger partial charge in [0.05, 0.1) is 18.2 Å². The molecule has 0 radical (unpaired) electrons.